The van der Waals surface area contributed by atoms with E-state index in [0.29, 0.717) is 0 Å². The number of ether oxygens (including phenoxy) is 6. The standard InChI is InChI=1S/C22H37NO9/c1-11-8-22(28-7,32-13(3)12(11)2)17(25)19(26)23-20-16-15(29-10-30-20)18(27-6)21(4,5)14(9-24)31-16/h12-18,20,24-25H,1,8-10H2,2-7H3,(H,23,26)/t12-,13-,14-,15?,16?,17-,18-,20?,22-/m1/s1. The smallest absolute Gasteiger partial charge is 0.256 e. The van der Waals surface area contributed by atoms with Gasteiger partial charge in [0.2, 0.25) is 5.79 Å². The van der Waals surface area contributed by atoms with Gasteiger partial charge in [0, 0.05) is 32.0 Å². The number of nitrogens with one attached hydrogen (secondary N) is 1. The van der Waals surface area contributed by atoms with Gasteiger partial charge in [-0.2, -0.15) is 0 Å². The molecule has 0 aromatic carbocycles. The molecule has 1 amide bonds. The summed E-state index contributed by atoms with van der Waals surface area (Å²) < 4.78 is 34.6. The average Bonchev–Trinajstić information content (AvgIpc) is 2.75. The van der Waals surface area contributed by atoms with E-state index in [1.54, 1.807) is 7.11 Å². The van der Waals surface area contributed by atoms with E-state index in [2.05, 4.69) is 11.9 Å². The van der Waals surface area contributed by atoms with Crippen molar-refractivity contribution in [1.29, 1.82) is 0 Å². The van der Waals surface area contributed by atoms with Crippen molar-refractivity contribution in [2.75, 3.05) is 27.6 Å². The highest BCUT2D eigenvalue weighted by atomic mass is 16.7. The van der Waals surface area contributed by atoms with Crippen LogP contribution >= 0.6 is 0 Å². The Morgan fingerprint density at radius 1 is 1.28 bits per heavy atom. The molecule has 0 radical (unpaired) electrons. The highest BCUT2D eigenvalue weighted by Gasteiger charge is 2.56. The van der Waals surface area contributed by atoms with Crippen molar-refractivity contribution >= 4 is 5.91 Å². The Balaban J connectivity index is 1.77. The predicted molar refractivity (Wildman–Crippen MR) is 112 cm³/mol. The molecule has 9 atom stereocenters. The van der Waals surface area contributed by atoms with Crippen LogP contribution in [0.25, 0.3) is 0 Å². The number of hydrogen-bond donors (Lipinski definition) is 3. The molecule has 3 heterocycles. The lowest BCUT2D eigenvalue weighted by Crippen LogP contribution is -2.69. The molecule has 3 rings (SSSR count). The Morgan fingerprint density at radius 3 is 2.53 bits per heavy atom. The molecule has 0 saturated carbocycles. The van der Waals surface area contributed by atoms with Crippen LogP contribution in [0.15, 0.2) is 12.2 Å². The van der Waals surface area contributed by atoms with Crippen molar-refractivity contribution in [3.8, 4) is 0 Å². The van der Waals surface area contributed by atoms with E-state index in [9.17, 15) is 15.0 Å². The molecule has 0 aromatic rings. The van der Waals surface area contributed by atoms with Crippen LogP contribution in [0, 0.1) is 11.3 Å². The first kappa shape index (κ1) is 25.5. The van der Waals surface area contributed by atoms with Crippen molar-refractivity contribution in [3.05, 3.63) is 12.2 Å². The lowest BCUT2D eigenvalue weighted by Gasteiger charge is -2.53. The van der Waals surface area contributed by atoms with Crippen LogP contribution in [0.4, 0.5) is 0 Å². The van der Waals surface area contributed by atoms with E-state index in [4.69, 9.17) is 28.4 Å². The van der Waals surface area contributed by atoms with Crippen LogP contribution in [-0.2, 0) is 33.2 Å². The Hall–Kier alpha value is -1.11. The second-order valence-electron chi connectivity index (χ2n) is 9.46. The van der Waals surface area contributed by atoms with Gasteiger partial charge in [-0.05, 0) is 6.92 Å². The Kier molecular flexibility index (Phi) is 7.68. The number of aliphatic hydroxyl groups is 2. The summed E-state index contributed by atoms with van der Waals surface area (Å²) in [7, 11) is 2.95. The zero-order chi connectivity index (χ0) is 23.8. The van der Waals surface area contributed by atoms with Gasteiger partial charge in [0.05, 0.1) is 24.9 Å². The number of carbonyl (C=O) groups is 1. The number of amides is 1. The summed E-state index contributed by atoms with van der Waals surface area (Å²) in [6, 6.07) is 0. The minimum Gasteiger partial charge on any atom is -0.394 e. The zero-order valence-corrected chi connectivity index (χ0v) is 19.7. The third kappa shape index (κ3) is 4.35. The molecule has 0 bridgehead atoms. The van der Waals surface area contributed by atoms with Gasteiger partial charge in [-0.3, -0.25) is 4.79 Å². The number of methoxy groups -OCH3 is 2. The van der Waals surface area contributed by atoms with E-state index in [0.717, 1.165) is 5.57 Å². The highest BCUT2D eigenvalue weighted by Crippen LogP contribution is 2.42. The highest BCUT2D eigenvalue weighted by molar-refractivity contribution is 5.82. The minimum atomic E-state index is -1.64. The normalized spacial score (nSPS) is 42.8. The summed E-state index contributed by atoms with van der Waals surface area (Å²) >= 11 is 0. The predicted octanol–water partition coefficient (Wildman–Crippen LogP) is 0.307. The summed E-state index contributed by atoms with van der Waals surface area (Å²) in [5.41, 5.74) is 0.283. The zero-order valence-electron chi connectivity index (χ0n) is 19.7. The van der Waals surface area contributed by atoms with E-state index in [-0.39, 0.29) is 31.8 Å². The molecule has 184 valence electrons. The Bertz CT molecular complexity index is 701. The number of fused-ring (bicyclic) bond motifs is 1. The van der Waals surface area contributed by atoms with Crippen molar-refractivity contribution in [2.24, 2.45) is 11.3 Å². The van der Waals surface area contributed by atoms with E-state index in [1.807, 2.05) is 27.7 Å². The summed E-state index contributed by atoms with van der Waals surface area (Å²) in [5.74, 6) is -2.24. The fourth-order valence-corrected chi connectivity index (χ4v) is 4.85. The second kappa shape index (κ2) is 9.63. The van der Waals surface area contributed by atoms with Gasteiger partial charge in [0.15, 0.2) is 12.3 Å². The second-order valence-corrected chi connectivity index (χ2v) is 9.46. The van der Waals surface area contributed by atoms with Gasteiger partial charge in [-0.1, -0.05) is 32.9 Å². The monoisotopic (exact) mass is 459 g/mol. The maximum absolute atomic E-state index is 13.1. The molecule has 0 spiro atoms. The maximum atomic E-state index is 13.1. The molecule has 0 aliphatic carbocycles. The largest absolute Gasteiger partial charge is 0.394 e. The molecule has 10 nitrogen and oxygen atoms in total. The third-order valence-corrected chi connectivity index (χ3v) is 7.23. The minimum absolute atomic E-state index is 0.0634. The molecule has 3 aliphatic heterocycles. The topological polar surface area (TPSA) is 125 Å². The van der Waals surface area contributed by atoms with Crippen LogP contribution < -0.4 is 5.32 Å². The quantitative estimate of drug-likeness (QED) is 0.481. The molecule has 3 aliphatic rings. The molecule has 3 fully saturated rings. The van der Waals surface area contributed by atoms with Gasteiger partial charge in [-0.25, -0.2) is 0 Å². The van der Waals surface area contributed by atoms with Gasteiger partial charge in [-0.15, -0.1) is 0 Å². The van der Waals surface area contributed by atoms with E-state index < -0.39 is 53.9 Å². The summed E-state index contributed by atoms with van der Waals surface area (Å²) in [6.07, 6.45) is -4.98. The van der Waals surface area contributed by atoms with Crippen LogP contribution in [-0.4, -0.2) is 92.4 Å². The van der Waals surface area contributed by atoms with Gasteiger partial charge < -0.3 is 44.0 Å². The number of aliphatic hydroxyl groups excluding tert-OH is 2. The van der Waals surface area contributed by atoms with Crippen LogP contribution in [0.5, 0.6) is 0 Å². The summed E-state index contributed by atoms with van der Waals surface area (Å²) in [6.45, 7) is 11.4. The van der Waals surface area contributed by atoms with Crippen LogP contribution in [0.2, 0.25) is 0 Å². The summed E-state index contributed by atoms with van der Waals surface area (Å²) in [4.78, 5) is 13.1. The first-order valence-electron chi connectivity index (χ1n) is 10.9. The number of hydrogen-bond acceptors (Lipinski definition) is 9. The van der Waals surface area contributed by atoms with E-state index in [1.165, 1.54) is 7.11 Å². The van der Waals surface area contributed by atoms with E-state index >= 15 is 0 Å². The van der Waals surface area contributed by atoms with Crippen molar-refractivity contribution in [3.63, 3.8) is 0 Å². The van der Waals surface area contributed by atoms with Crippen molar-refractivity contribution in [1.82, 2.24) is 5.32 Å². The molecule has 3 N–H and O–H groups in total. The average molecular weight is 460 g/mol. The first-order chi connectivity index (χ1) is 15.0. The first-order valence-corrected chi connectivity index (χ1v) is 10.9. The van der Waals surface area contributed by atoms with Crippen molar-refractivity contribution < 1.29 is 43.4 Å². The molecule has 32 heavy (non-hydrogen) atoms. The fourth-order valence-electron chi connectivity index (χ4n) is 4.85. The molecule has 3 saturated heterocycles. The SMILES string of the molecule is C=C1C[C@](OC)([C@H](O)C(=O)NC2OCOC3C2O[C@H](CO)C(C)(C)[C@@H]3OC)O[C@H](C)[C@@H]1C. The lowest BCUT2D eigenvalue weighted by molar-refractivity contribution is -0.333. The number of rotatable bonds is 6. The van der Waals surface area contributed by atoms with Gasteiger partial charge in [0.1, 0.15) is 19.0 Å². The Morgan fingerprint density at radius 2 is 1.97 bits per heavy atom. The van der Waals surface area contributed by atoms with Crippen molar-refractivity contribution in [2.45, 2.75) is 82.8 Å². The fraction of sp³-hybridized carbons (Fsp3) is 0.864. The lowest BCUT2D eigenvalue weighted by atomic mass is 9.74. The van der Waals surface area contributed by atoms with Gasteiger partial charge >= 0.3 is 0 Å². The van der Waals surface area contributed by atoms with Crippen LogP contribution in [0.3, 0.4) is 0 Å². The van der Waals surface area contributed by atoms with Gasteiger partial charge in [0.25, 0.3) is 5.91 Å². The van der Waals surface area contributed by atoms with Crippen LogP contribution in [0.1, 0.15) is 34.1 Å². The Labute approximate surface area is 189 Å². The number of carbonyl (C=O) groups excluding carboxylic acids is 1. The maximum Gasteiger partial charge on any atom is 0.256 e. The third-order valence-electron chi connectivity index (χ3n) is 7.23. The molecule has 0 aromatic heterocycles. The summed E-state index contributed by atoms with van der Waals surface area (Å²) in [5, 5.41) is 23.5. The molecule has 10 heteroatoms. The molecular weight excluding hydrogens is 422 g/mol. The molecule has 3 unspecified atom stereocenters. The molecular formula is C22H37NO9.